The number of sulfonamides is 1. The minimum Gasteiger partial charge on any atom is -0.481 e. The molecular formula is C12H13N3O5S. The van der Waals surface area contributed by atoms with Gasteiger partial charge in [-0.25, -0.2) is 13.4 Å². The molecule has 1 aromatic rings. The van der Waals surface area contributed by atoms with Crippen LogP contribution in [0, 0.1) is 17.2 Å². The smallest absolute Gasteiger partial charge is 0.310 e. The topological polar surface area (TPSA) is 121 Å². The third kappa shape index (κ3) is 2.73. The Kier molecular flexibility index (Phi) is 4.22. The summed E-state index contributed by atoms with van der Waals surface area (Å²) in [5, 5.41) is 18.1. The molecule has 0 bridgehead atoms. The summed E-state index contributed by atoms with van der Waals surface area (Å²) in [5.41, 5.74) is -0.227. The molecular weight excluding hydrogens is 298 g/mol. The zero-order valence-corrected chi connectivity index (χ0v) is 11.9. The highest BCUT2D eigenvalue weighted by atomic mass is 32.2. The zero-order chi connectivity index (χ0) is 15.6. The maximum absolute atomic E-state index is 12.6. The van der Waals surface area contributed by atoms with E-state index in [0.29, 0.717) is 0 Å². The predicted octanol–water partition coefficient (Wildman–Crippen LogP) is -0.327. The van der Waals surface area contributed by atoms with Crippen LogP contribution in [0.15, 0.2) is 23.2 Å². The van der Waals surface area contributed by atoms with Crippen molar-refractivity contribution < 1.29 is 23.1 Å². The van der Waals surface area contributed by atoms with E-state index in [0.717, 1.165) is 4.31 Å². The van der Waals surface area contributed by atoms with Crippen LogP contribution in [0.4, 0.5) is 0 Å². The van der Waals surface area contributed by atoms with Gasteiger partial charge in [0.05, 0.1) is 25.2 Å². The Balaban J connectivity index is 2.40. The highest BCUT2D eigenvalue weighted by Crippen LogP contribution is 2.25. The number of nitrogens with zero attached hydrogens (tertiary/aromatic N) is 3. The van der Waals surface area contributed by atoms with E-state index in [-0.39, 0.29) is 23.8 Å². The molecule has 1 fully saturated rings. The number of rotatable bonds is 4. The van der Waals surface area contributed by atoms with Crippen molar-refractivity contribution in [1.29, 1.82) is 5.26 Å². The number of aromatic nitrogens is 1. The van der Waals surface area contributed by atoms with Gasteiger partial charge in [-0.05, 0) is 12.1 Å². The highest BCUT2D eigenvalue weighted by molar-refractivity contribution is 7.89. The minimum absolute atomic E-state index is 0.00511. The number of hydrogen-bond acceptors (Lipinski definition) is 6. The van der Waals surface area contributed by atoms with Crippen molar-refractivity contribution in [3.63, 3.8) is 0 Å². The van der Waals surface area contributed by atoms with Crippen molar-refractivity contribution in [2.45, 2.75) is 10.9 Å². The van der Waals surface area contributed by atoms with Gasteiger partial charge in [-0.1, -0.05) is 0 Å². The summed E-state index contributed by atoms with van der Waals surface area (Å²) in [5.74, 6) is -2.06. The lowest BCUT2D eigenvalue weighted by Crippen LogP contribution is -2.44. The third-order valence-electron chi connectivity index (χ3n) is 3.37. The van der Waals surface area contributed by atoms with Gasteiger partial charge in [-0.3, -0.25) is 4.79 Å². The van der Waals surface area contributed by atoms with Crippen LogP contribution in [-0.2, 0) is 19.6 Å². The van der Waals surface area contributed by atoms with Gasteiger partial charge in [-0.2, -0.15) is 9.57 Å². The summed E-state index contributed by atoms with van der Waals surface area (Å²) < 4.78 is 31.1. The Morgan fingerprint density at radius 1 is 1.57 bits per heavy atom. The van der Waals surface area contributed by atoms with Crippen molar-refractivity contribution in [3.8, 4) is 6.07 Å². The molecule has 0 aromatic carbocycles. The van der Waals surface area contributed by atoms with Crippen molar-refractivity contribution in [2.75, 3.05) is 20.3 Å². The van der Waals surface area contributed by atoms with Crippen LogP contribution in [-0.4, -0.2) is 55.1 Å². The van der Waals surface area contributed by atoms with Gasteiger partial charge in [0.2, 0.25) is 10.0 Å². The molecule has 21 heavy (non-hydrogen) atoms. The predicted molar refractivity (Wildman–Crippen MR) is 69.6 cm³/mol. The lowest BCUT2D eigenvalue weighted by atomic mass is 10.1. The van der Waals surface area contributed by atoms with E-state index in [2.05, 4.69) is 4.98 Å². The van der Waals surface area contributed by atoms with Crippen LogP contribution in [0.2, 0.25) is 0 Å². The fourth-order valence-electron chi connectivity index (χ4n) is 2.15. The Hall–Kier alpha value is -2.02. The van der Waals surface area contributed by atoms with Crippen LogP contribution in [0.1, 0.15) is 5.69 Å². The van der Waals surface area contributed by atoms with Gasteiger partial charge in [0, 0.05) is 13.2 Å². The summed E-state index contributed by atoms with van der Waals surface area (Å²) in [6.07, 6.45) is 1.32. The molecule has 2 atom stereocenters. The molecule has 1 aliphatic heterocycles. The number of ether oxygens (including phenoxy) is 1. The fraction of sp³-hybridized carbons (Fsp3) is 0.417. The van der Waals surface area contributed by atoms with Gasteiger partial charge in [-0.15, -0.1) is 0 Å². The molecule has 1 aromatic heterocycles. The van der Waals surface area contributed by atoms with Crippen molar-refractivity contribution >= 4 is 16.0 Å². The van der Waals surface area contributed by atoms with E-state index in [1.54, 1.807) is 6.07 Å². The average molecular weight is 311 g/mol. The molecule has 0 aliphatic carbocycles. The lowest BCUT2D eigenvalue weighted by molar-refractivity contribution is -0.142. The molecule has 9 heteroatoms. The lowest BCUT2D eigenvalue weighted by Gasteiger charge is -2.25. The highest BCUT2D eigenvalue weighted by Gasteiger charge is 2.42. The summed E-state index contributed by atoms with van der Waals surface area (Å²) in [6.45, 7) is -0.0488. The number of aliphatic carboxylic acids is 1. The zero-order valence-electron chi connectivity index (χ0n) is 11.1. The summed E-state index contributed by atoms with van der Waals surface area (Å²) >= 11 is 0. The molecule has 8 nitrogen and oxygen atoms in total. The number of carboxylic acids is 1. The van der Waals surface area contributed by atoms with Gasteiger partial charge >= 0.3 is 5.97 Å². The molecule has 2 unspecified atom stereocenters. The molecule has 0 amide bonds. The minimum atomic E-state index is -4.03. The Labute approximate surface area is 121 Å². The summed E-state index contributed by atoms with van der Waals surface area (Å²) in [4.78, 5) is 14.6. The molecule has 2 heterocycles. The number of carbonyl (C=O) groups is 1. The van der Waals surface area contributed by atoms with Crippen LogP contribution in [0.3, 0.4) is 0 Å². The van der Waals surface area contributed by atoms with Crippen molar-refractivity contribution in [2.24, 2.45) is 5.92 Å². The van der Waals surface area contributed by atoms with Crippen LogP contribution >= 0.6 is 0 Å². The number of nitriles is 1. The molecule has 112 valence electrons. The van der Waals surface area contributed by atoms with Crippen LogP contribution < -0.4 is 0 Å². The normalized spacial score (nSPS) is 22.1. The van der Waals surface area contributed by atoms with E-state index in [9.17, 15) is 13.2 Å². The Morgan fingerprint density at radius 3 is 2.90 bits per heavy atom. The summed E-state index contributed by atoms with van der Waals surface area (Å²) in [6, 6.07) is 3.57. The number of pyridine rings is 1. The van der Waals surface area contributed by atoms with E-state index < -0.39 is 28.0 Å². The van der Waals surface area contributed by atoms with Crippen molar-refractivity contribution in [1.82, 2.24) is 9.29 Å². The Morgan fingerprint density at radius 2 is 2.29 bits per heavy atom. The third-order valence-corrected chi connectivity index (χ3v) is 5.28. The largest absolute Gasteiger partial charge is 0.481 e. The number of hydrogen-bond donors (Lipinski definition) is 1. The Bertz CT molecular complexity index is 697. The first-order chi connectivity index (χ1) is 9.89. The first kappa shape index (κ1) is 15.4. The first-order valence-electron chi connectivity index (χ1n) is 6.03. The molecule has 1 saturated heterocycles. The molecule has 1 aliphatic rings. The van der Waals surface area contributed by atoms with E-state index >= 15 is 0 Å². The van der Waals surface area contributed by atoms with Crippen molar-refractivity contribution in [3.05, 3.63) is 24.0 Å². The SMILES string of the molecule is CN(C1COCC1C(=O)O)S(=O)(=O)c1cccnc1C#N. The second-order valence-corrected chi connectivity index (χ2v) is 6.50. The standard InChI is InChI=1S/C12H13N3O5S/c1-15(10-7-20-6-8(10)12(16)17)21(18,19)11-3-2-4-14-9(11)5-13/h2-4,8,10H,6-7H2,1H3,(H,16,17). The number of likely N-dealkylation sites (N-methyl/N-ethyl adjacent to an activating group) is 1. The second-order valence-electron chi connectivity index (χ2n) is 4.53. The number of carboxylic acid groups (broad SMARTS) is 1. The average Bonchev–Trinajstić information content (AvgIpc) is 2.95. The van der Waals surface area contributed by atoms with Gasteiger partial charge in [0.15, 0.2) is 5.69 Å². The van der Waals surface area contributed by atoms with Gasteiger partial charge < -0.3 is 9.84 Å². The molecule has 0 radical (unpaired) electrons. The van der Waals surface area contributed by atoms with Crippen LogP contribution in [0.5, 0.6) is 0 Å². The monoisotopic (exact) mass is 311 g/mol. The van der Waals surface area contributed by atoms with Gasteiger partial charge in [0.1, 0.15) is 11.0 Å². The maximum atomic E-state index is 12.6. The molecule has 0 saturated carbocycles. The fourth-order valence-corrected chi connectivity index (χ4v) is 3.62. The molecule has 0 spiro atoms. The molecule has 1 N–H and O–H groups in total. The van der Waals surface area contributed by atoms with Crippen LogP contribution in [0.25, 0.3) is 0 Å². The van der Waals surface area contributed by atoms with E-state index in [4.69, 9.17) is 15.1 Å². The second kappa shape index (κ2) is 5.77. The van der Waals surface area contributed by atoms with Gasteiger partial charge in [0.25, 0.3) is 0 Å². The first-order valence-corrected chi connectivity index (χ1v) is 7.47. The molecule has 2 rings (SSSR count). The van der Waals surface area contributed by atoms with E-state index in [1.165, 1.54) is 25.4 Å². The maximum Gasteiger partial charge on any atom is 0.310 e. The van der Waals surface area contributed by atoms with E-state index in [1.807, 2.05) is 0 Å². The summed E-state index contributed by atoms with van der Waals surface area (Å²) in [7, 11) is -2.75. The quantitative estimate of drug-likeness (QED) is 0.808.